The van der Waals surface area contributed by atoms with Crippen LogP contribution in [0.1, 0.15) is 78.4 Å². The number of carbonyl (C=O) groups is 3. The molecule has 0 spiro atoms. The van der Waals surface area contributed by atoms with E-state index in [0.29, 0.717) is 12.2 Å². The average molecular weight is 452 g/mol. The molecular weight excluding hydrogens is 418 g/mol. The lowest BCUT2D eigenvalue weighted by Crippen LogP contribution is -2.63. The molecule has 4 rings (SSSR count). The molecule has 8 nitrogen and oxygen atoms in total. The molecule has 1 aromatic carbocycles. The summed E-state index contributed by atoms with van der Waals surface area (Å²) < 4.78 is 1.50. The zero-order valence-electron chi connectivity index (χ0n) is 19.6. The van der Waals surface area contributed by atoms with Crippen molar-refractivity contribution in [3.05, 3.63) is 53.3 Å². The lowest BCUT2D eigenvalue weighted by molar-refractivity contribution is -0.133. The van der Waals surface area contributed by atoms with Gasteiger partial charge in [0.2, 0.25) is 5.91 Å². The summed E-state index contributed by atoms with van der Waals surface area (Å²) in [5.41, 5.74) is 0.576. The van der Waals surface area contributed by atoms with Crippen LogP contribution in [0.4, 0.5) is 0 Å². The number of hydrogen-bond acceptors (Lipinski definition) is 4. The summed E-state index contributed by atoms with van der Waals surface area (Å²) in [6.45, 7) is 4.47. The van der Waals surface area contributed by atoms with E-state index in [1.807, 2.05) is 37.3 Å². The Bertz CT molecular complexity index is 1030. The molecule has 1 saturated carbocycles. The number of benzene rings is 1. The number of nitrogens with zero attached hydrogens (tertiary/aromatic N) is 3. The smallest absolute Gasteiger partial charge is 0.272 e. The van der Waals surface area contributed by atoms with Crippen LogP contribution < -0.4 is 10.6 Å². The Kier molecular flexibility index (Phi) is 6.54. The standard InChI is InChI=1S/C25H33N5O3/c1-17(18-10-6-4-7-11-18)15-26-22(31)20-14-21-23(32)29(3)25(2,16-30(21)28-20)24(33)27-19-12-8-5-9-13-19/h4,6-7,10-11,14,17,19H,5,8-9,12-13,15-16H2,1-3H3,(H,26,31)(H,27,33)/t17-,25+/m1/s1. The molecule has 0 radical (unpaired) electrons. The van der Waals surface area contributed by atoms with Crippen LogP contribution in [0, 0.1) is 0 Å². The van der Waals surface area contributed by atoms with Crippen molar-refractivity contribution in [1.82, 2.24) is 25.3 Å². The first-order valence-corrected chi connectivity index (χ1v) is 11.8. The molecule has 2 heterocycles. The molecule has 0 saturated heterocycles. The first-order chi connectivity index (χ1) is 15.8. The summed E-state index contributed by atoms with van der Waals surface area (Å²) in [6, 6.07) is 11.6. The van der Waals surface area contributed by atoms with Gasteiger partial charge < -0.3 is 15.5 Å². The Hall–Kier alpha value is -3.16. The number of fused-ring (bicyclic) bond motifs is 1. The van der Waals surface area contributed by atoms with Crippen molar-refractivity contribution in [1.29, 1.82) is 0 Å². The maximum Gasteiger partial charge on any atom is 0.272 e. The predicted molar refractivity (Wildman–Crippen MR) is 125 cm³/mol. The van der Waals surface area contributed by atoms with Crippen LogP contribution in [-0.4, -0.2) is 57.6 Å². The van der Waals surface area contributed by atoms with E-state index >= 15 is 0 Å². The van der Waals surface area contributed by atoms with Crippen molar-refractivity contribution in [2.24, 2.45) is 0 Å². The Morgan fingerprint density at radius 1 is 1.18 bits per heavy atom. The minimum atomic E-state index is -1.07. The summed E-state index contributed by atoms with van der Waals surface area (Å²) in [6.07, 6.45) is 5.37. The molecule has 176 valence electrons. The molecule has 2 N–H and O–H groups in total. The van der Waals surface area contributed by atoms with Crippen LogP contribution in [-0.2, 0) is 11.3 Å². The number of aromatic nitrogens is 2. The third-order valence-electron chi connectivity index (χ3n) is 7.10. The molecule has 33 heavy (non-hydrogen) atoms. The van der Waals surface area contributed by atoms with Gasteiger partial charge in [-0.15, -0.1) is 0 Å². The monoisotopic (exact) mass is 451 g/mol. The van der Waals surface area contributed by atoms with Crippen molar-refractivity contribution in [2.75, 3.05) is 13.6 Å². The Morgan fingerprint density at radius 3 is 2.58 bits per heavy atom. The van der Waals surface area contributed by atoms with Gasteiger partial charge in [0, 0.05) is 25.7 Å². The molecule has 2 aromatic rings. The molecule has 2 aliphatic rings. The summed E-state index contributed by atoms with van der Waals surface area (Å²) in [7, 11) is 1.64. The van der Waals surface area contributed by atoms with Crippen molar-refractivity contribution in [2.45, 2.75) is 70.0 Å². The van der Waals surface area contributed by atoms with Gasteiger partial charge in [-0.3, -0.25) is 19.1 Å². The van der Waals surface area contributed by atoms with Gasteiger partial charge in [0.1, 0.15) is 11.2 Å². The molecule has 1 aliphatic heterocycles. The van der Waals surface area contributed by atoms with Crippen LogP contribution in [0.25, 0.3) is 0 Å². The third kappa shape index (κ3) is 4.65. The molecule has 0 bridgehead atoms. The van der Waals surface area contributed by atoms with Gasteiger partial charge in [0.15, 0.2) is 5.69 Å². The lowest BCUT2D eigenvalue weighted by atomic mass is 9.92. The first-order valence-electron chi connectivity index (χ1n) is 11.8. The van der Waals surface area contributed by atoms with Gasteiger partial charge in [-0.25, -0.2) is 0 Å². The van der Waals surface area contributed by atoms with E-state index in [1.165, 1.54) is 22.1 Å². The van der Waals surface area contributed by atoms with Gasteiger partial charge in [-0.2, -0.15) is 5.10 Å². The minimum absolute atomic E-state index is 0.145. The fourth-order valence-corrected chi connectivity index (χ4v) is 4.66. The second-order valence-corrected chi connectivity index (χ2v) is 9.54. The van der Waals surface area contributed by atoms with Gasteiger partial charge in [0.05, 0.1) is 6.54 Å². The number of nitrogens with one attached hydrogen (secondary N) is 2. The summed E-state index contributed by atoms with van der Waals surface area (Å²) in [4.78, 5) is 40.5. The average Bonchev–Trinajstić information content (AvgIpc) is 3.26. The highest BCUT2D eigenvalue weighted by Crippen LogP contribution is 2.27. The number of hydrogen-bond donors (Lipinski definition) is 2. The molecule has 2 atom stereocenters. The highest BCUT2D eigenvalue weighted by atomic mass is 16.2. The normalized spacial score (nSPS) is 21.9. The summed E-state index contributed by atoms with van der Waals surface area (Å²) in [5, 5.41) is 10.4. The number of carbonyl (C=O) groups excluding carboxylic acids is 3. The van der Waals surface area contributed by atoms with E-state index in [2.05, 4.69) is 15.7 Å². The Balaban J connectivity index is 1.45. The zero-order chi connectivity index (χ0) is 23.6. The van der Waals surface area contributed by atoms with Crippen molar-refractivity contribution in [3.63, 3.8) is 0 Å². The van der Waals surface area contributed by atoms with Crippen LogP contribution in [0.15, 0.2) is 36.4 Å². The Morgan fingerprint density at radius 2 is 1.88 bits per heavy atom. The summed E-state index contributed by atoms with van der Waals surface area (Å²) in [5.74, 6) is -0.670. The van der Waals surface area contributed by atoms with Crippen LogP contribution >= 0.6 is 0 Å². The molecule has 0 unspecified atom stereocenters. The number of rotatable bonds is 6. The topological polar surface area (TPSA) is 96.3 Å². The maximum atomic E-state index is 13.2. The molecule has 8 heteroatoms. The predicted octanol–water partition coefficient (Wildman–Crippen LogP) is 2.71. The van der Waals surface area contributed by atoms with E-state index in [1.54, 1.807) is 14.0 Å². The van der Waals surface area contributed by atoms with Crippen molar-refractivity contribution in [3.8, 4) is 0 Å². The second kappa shape index (κ2) is 9.37. The van der Waals surface area contributed by atoms with E-state index in [9.17, 15) is 14.4 Å². The Labute approximate surface area is 194 Å². The van der Waals surface area contributed by atoms with Crippen molar-refractivity contribution >= 4 is 17.7 Å². The fourth-order valence-electron chi connectivity index (χ4n) is 4.66. The number of likely N-dealkylation sites (N-methyl/N-ethyl adjacent to an activating group) is 1. The summed E-state index contributed by atoms with van der Waals surface area (Å²) >= 11 is 0. The van der Waals surface area contributed by atoms with E-state index < -0.39 is 5.54 Å². The van der Waals surface area contributed by atoms with Crippen LogP contribution in [0.5, 0.6) is 0 Å². The van der Waals surface area contributed by atoms with E-state index in [4.69, 9.17) is 0 Å². The quantitative estimate of drug-likeness (QED) is 0.706. The molecular formula is C25H33N5O3. The SMILES string of the molecule is C[C@H](CNC(=O)c1cc2n(n1)C[C@@](C)(C(=O)NC1CCCCC1)N(C)C2=O)c1ccccc1. The van der Waals surface area contributed by atoms with Gasteiger partial charge >= 0.3 is 0 Å². The minimum Gasteiger partial charge on any atom is -0.351 e. The number of amides is 3. The van der Waals surface area contributed by atoms with E-state index in [0.717, 1.165) is 31.2 Å². The molecule has 1 aliphatic carbocycles. The highest BCUT2D eigenvalue weighted by Gasteiger charge is 2.46. The van der Waals surface area contributed by atoms with Crippen LogP contribution in [0.3, 0.4) is 0 Å². The third-order valence-corrected chi connectivity index (χ3v) is 7.10. The van der Waals surface area contributed by atoms with Gasteiger partial charge in [0.25, 0.3) is 11.8 Å². The largest absolute Gasteiger partial charge is 0.351 e. The van der Waals surface area contributed by atoms with Crippen LogP contribution in [0.2, 0.25) is 0 Å². The van der Waals surface area contributed by atoms with Gasteiger partial charge in [-0.1, -0.05) is 56.5 Å². The fraction of sp³-hybridized carbons (Fsp3) is 0.520. The highest BCUT2D eigenvalue weighted by molar-refractivity contribution is 6.01. The lowest BCUT2D eigenvalue weighted by Gasteiger charge is -2.41. The van der Waals surface area contributed by atoms with E-state index in [-0.39, 0.29) is 41.9 Å². The molecule has 1 fully saturated rings. The maximum absolute atomic E-state index is 13.2. The first kappa shape index (κ1) is 23.0. The second-order valence-electron chi connectivity index (χ2n) is 9.54. The molecule has 3 amide bonds. The van der Waals surface area contributed by atoms with Crippen molar-refractivity contribution < 1.29 is 14.4 Å². The van der Waals surface area contributed by atoms with Gasteiger partial charge in [-0.05, 0) is 31.2 Å². The zero-order valence-corrected chi connectivity index (χ0v) is 19.6. The molecule has 1 aromatic heterocycles.